The minimum Gasteiger partial charge on any atom is -0.507 e. The van der Waals surface area contributed by atoms with Crippen molar-refractivity contribution >= 4 is 28.2 Å². The van der Waals surface area contributed by atoms with E-state index in [1.807, 2.05) is 0 Å². The number of aromatic carboxylic acids is 1. The molecule has 0 aliphatic heterocycles. The molecule has 2 N–H and O–H groups in total. The van der Waals surface area contributed by atoms with Gasteiger partial charge in [-0.1, -0.05) is 12.1 Å². The highest BCUT2D eigenvalue weighted by Gasteiger charge is 2.17. The van der Waals surface area contributed by atoms with E-state index in [1.54, 1.807) is 18.2 Å². The van der Waals surface area contributed by atoms with Crippen molar-refractivity contribution in [3.8, 4) is 22.6 Å². The molecule has 0 aliphatic carbocycles. The van der Waals surface area contributed by atoms with Gasteiger partial charge in [-0.3, -0.25) is 0 Å². The van der Waals surface area contributed by atoms with E-state index in [-0.39, 0.29) is 22.7 Å². The van der Waals surface area contributed by atoms with Crippen LogP contribution in [0.3, 0.4) is 0 Å². The number of carboxylic acid groups (broad SMARTS) is 1. The lowest BCUT2D eigenvalue weighted by molar-refractivity contribution is 0.0693. The normalized spacial score (nSPS) is 10.7. The van der Waals surface area contributed by atoms with E-state index in [9.17, 15) is 22.7 Å². The van der Waals surface area contributed by atoms with Gasteiger partial charge in [-0.05, 0) is 42.0 Å². The van der Waals surface area contributed by atoms with Gasteiger partial charge in [-0.15, -0.1) is 0 Å². The second-order valence-corrected chi connectivity index (χ2v) is 6.83. The Balaban J connectivity index is 2.10. The average molecular weight is 417 g/mol. The summed E-state index contributed by atoms with van der Waals surface area (Å²) in [5.74, 6) is -2.09. The van der Waals surface area contributed by atoms with Gasteiger partial charge in [-0.2, -0.15) is 0 Å². The Morgan fingerprint density at radius 1 is 1.03 bits per heavy atom. The number of benzene rings is 3. The minimum atomic E-state index is -3.17. The predicted molar refractivity (Wildman–Crippen MR) is 106 cm³/mol. The predicted octanol–water partition coefficient (Wildman–Crippen LogP) is 3.57. The summed E-state index contributed by atoms with van der Waals surface area (Å²) >= 11 is 0. The first-order chi connectivity index (χ1) is 13.8. The maximum atomic E-state index is 13.5. The van der Waals surface area contributed by atoms with Crippen LogP contribution in [-0.4, -0.2) is 31.7 Å². The number of phenols is 1. The first-order valence-electron chi connectivity index (χ1n) is 8.26. The second kappa shape index (κ2) is 8.19. The van der Waals surface area contributed by atoms with Crippen molar-refractivity contribution < 1.29 is 32.6 Å². The number of carbonyl (C=O) groups is 1. The molecular weight excluding hydrogens is 401 g/mol. The van der Waals surface area contributed by atoms with Crippen molar-refractivity contribution in [1.29, 1.82) is 0 Å². The Kier molecular flexibility index (Phi) is 5.69. The van der Waals surface area contributed by atoms with Crippen LogP contribution in [0.5, 0.6) is 11.5 Å². The highest BCUT2D eigenvalue weighted by Crippen LogP contribution is 2.35. The lowest BCUT2D eigenvalue weighted by Crippen LogP contribution is -2.14. The summed E-state index contributed by atoms with van der Waals surface area (Å²) in [5.41, 5.74) is 1.09. The second-order valence-electron chi connectivity index (χ2n) is 5.95. The highest BCUT2D eigenvalue weighted by molar-refractivity contribution is 7.74. The Bertz CT molecular complexity index is 1150. The Labute approximate surface area is 167 Å². The van der Waals surface area contributed by atoms with Crippen LogP contribution in [0, 0.1) is 5.82 Å². The number of thiol groups is 1. The Morgan fingerprint density at radius 2 is 1.76 bits per heavy atom. The molecular formula is C20H16FNO6S. The van der Waals surface area contributed by atoms with Crippen LogP contribution in [0.25, 0.3) is 11.1 Å². The van der Waals surface area contributed by atoms with Crippen molar-refractivity contribution in [2.24, 2.45) is 0 Å². The fourth-order valence-corrected chi connectivity index (χ4v) is 3.50. The van der Waals surface area contributed by atoms with Gasteiger partial charge in [0.15, 0.2) is 0 Å². The van der Waals surface area contributed by atoms with E-state index in [2.05, 4.69) is 0 Å². The Hall–Kier alpha value is -3.59. The zero-order valence-electron chi connectivity index (χ0n) is 15.1. The zero-order valence-corrected chi connectivity index (χ0v) is 16.0. The van der Waals surface area contributed by atoms with E-state index in [4.69, 9.17) is 9.84 Å². The molecule has 29 heavy (non-hydrogen) atoms. The molecule has 3 aromatic carbocycles. The SMILES string of the molecule is COc1cc(F)ccc1-c1cccc(N(c2ccc(C(=O)O)c(O)c2)[SH](=O)=O)c1. The van der Waals surface area contributed by atoms with E-state index >= 15 is 0 Å². The summed E-state index contributed by atoms with van der Waals surface area (Å²) in [6.45, 7) is 0. The number of anilines is 2. The molecule has 0 unspecified atom stereocenters. The van der Waals surface area contributed by atoms with Crippen LogP contribution >= 0.6 is 0 Å². The Morgan fingerprint density at radius 3 is 2.38 bits per heavy atom. The molecule has 150 valence electrons. The quantitative estimate of drug-likeness (QED) is 0.530. The largest absolute Gasteiger partial charge is 0.507 e. The first kappa shape index (κ1) is 20.2. The zero-order chi connectivity index (χ0) is 21.1. The van der Waals surface area contributed by atoms with E-state index in [1.165, 1.54) is 37.4 Å². The fraction of sp³-hybridized carbons (Fsp3) is 0.0500. The summed E-state index contributed by atoms with van der Waals surface area (Å²) in [7, 11) is -1.77. The average Bonchev–Trinajstić information content (AvgIpc) is 2.67. The number of hydrogen-bond donors (Lipinski definition) is 3. The van der Waals surface area contributed by atoms with Crippen molar-refractivity contribution in [2.45, 2.75) is 0 Å². The molecule has 0 saturated carbocycles. The lowest BCUT2D eigenvalue weighted by Gasteiger charge is -2.19. The molecule has 0 aromatic heterocycles. The number of carboxylic acids is 1. The van der Waals surface area contributed by atoms with E-state index in [0.29, 0.717) is 11.1 Å². The summed E-state index contributed by atoms with van der Waals surface area (Å²) in [5, 5.41) is 18.9. The van der Waals surface area contributed by atoms with Gasteiger partial charge >= 0.3 is 5.97 Å². The van der Waals surface area contributed by atoms with Crippen LogP contribution in [0.4, 0.5) is 15.8 Å². The van der Waals surface area contributed by atoms with Crippen LogP contribution in [0.15, 0.2) is 60.7 Å². The summed E-state index contributed by atoms with van der Waals surface area (Å²) < 4.78 is 43.5. The van der Waals surface area contributed by atoms with Gasteiger partial charge in [-0.25, -0.2) is 21.9 Å². The lowest BCUT2D eigenvalue weighted by atomic mass is 10.0. The highest BCUT2D eigenvalue weighted by atomic mass is 32.2. The van der Waals surface area contributed by atoms with Gasteiger partial charge in [0, 0.05) is 17.7 Å². The van der Waals surface area contributed by atoms with Crippen molar-refractivity contribution in [2.75, 3.05) is 11.4 Å². The van der Waals surface area contributed by atoms with Crippen LogP contribution < -0.4 is 9.04 Å². The molecule has 0 bridgehead atoms. The fourth-order valence-electron chi connectivity index (χ4n) is 2.88. The molecule has 0 amide bonds. The van der Waals surface area contributed by atoms with Crippen LogP contribution in [-0.2, 0) is 10.9 Å². The molecule has 3 rings (SSSR count). The number of hydrogen-bond acceptors (Lipinski definition) is 5. The first-order valence-corrected chi connectivity index (χ1v) is 9.39. The molecule has 0 saturated heterocycles. The van der Waals surface area contributed by atoms with Crippen molar-refractivity contribution in [3.05, 3.63) is 72.0 Å². The number of nitrogens with zero attached hydrogens (tertiary/aromatic N) is 1. The third-order valence-electron chi connectivity index (χ3n) is 4.18. The summed E-state index contributed by atoms with van der Waals surface area (Å²) in [4.78, 5) is 11.1. The number of methoxy groups -OCH3 is 1. The molecule has 7 nitrogen and oxygen atoms in total. The van der Waals surface area contributed by atoms with E-state index < -0.39 is 28.4 Å². The number of ether oxygens (including phenoxy) is 1. The molecule has 0 aliphatic rings. The number of aromatic hydroxyl groups is 1. The maximum Gasteiger partial charge on any atom is 0.339 e. The van der Waals surface area contributed by atoms with Gasteiger partial charge in [0.2, 0.25) is 10.9 Å². The van der Waals surface area contributed by atoms with Crippen molar-refractivity contribution in [3.63, 3.8) is 0 Å². The number of halogens is 1. The van der Waals surface area contributed by atoms with Gasteiger partial charge in [0.25, 0.3) is 0 Å². The maximum absolute atomic E-state index is 13.5. The van der Waals surface area contributed by atoms with E-state index in [0.717, 1.165) is 16.4 Å². The van der Waals surface area contributed by atoms with Gasteiger partial charge < -0.3 is 14.9 Å². The molecule has 9 heteroatoms. The van der Waals surface area contributed by atoms with Gasteiger partial charge in [0.1, 0.15) is 22.9 Å². The van der Waals surface area contributed by atoms with Crippen molar-refractivity contribution in [1.82, 2.24) is 0 Å². The third kappa shape index (κ3) is 4.14. The third-order valence-corrected chi connectivity index (χ3v) is 4.97. The smallest absolute Gasteiger partial charge is 0.339 e. The molecule has 0 heterocycles. The molecule has 3 aromatic rings. The van der Waals surface area contributed by atoms with Gasteiger partial charge in [0.05, 0.1) is 18.5 Å². The summed E-state index contributed by atoms with van der Waals surface area (Å²) in [6, 6.07) is 13.9. The molecule has 0 spiro atoms. The molecule has 0 atom stereocenters. The van der Waals surface area contributed by atoms with Crippen LogP contribution in [0.2, 0.25) is 0 Å². The van der Waals surface area contributed by atoms with Crippen LogP contribution in [0.1, 0.15) is 10.4 Å². The topological polar surface area (TPSA) is 104 Å². The number of rotatable bonds is 6. The molecule has 0 fully saturated rings. The summed E-state index contributed by atoms with van der Waals surface area (Å²) in [6.07, 6.45) is 0. The monoisotopic (exact) mass is 417 g/mol. The molecule has 0 radical (unpaired) electrons. The standard InChI is InChI=1S/C20H16FNO6S/c1-28-19-10-13(21)5-7-16(19)12-3-2-4-14(9-12)22(29(26)27)15-6-8-17(20(24)25)18(23)11-15/h2-11,23,29H,1H3,(H,24,25). The minimum absolute atomic E-state index is 0.0619.